The van der Waals surface area contributed by atoms with Gasteiger partial charge in [0.15, 0.2) is 0 Å². The van der Waals surface area contributed by atoms with E-state index in [4.69, 9.17) is 5.11 Å². The van der Waals surface area contributed by atoms with Crippen molar-refractivity contribution in [2.24, 2.45) is 5.92 Å². The third-order valence-corrected chi connectivity index (χ3v) is 3.06. The minimum atomic E-state index is -0.901. The Hall–Kier alpha value is -0.420. The summed E-state index contributed by atoms with van der Waals surface area (Å²) in [6.45, 7) is 2.33. The van der Waals surface area contributed by atoms with E-state index >= 15 is 0 Å². The van der Waals surface area contributed by atoms with E-state index in [1.54, 1.807) is 6.92 Å². The van der Waals surface area contributed by atoms with Crippen molar-refractivity contribution in [1.29, 1.82) is 0 Å². The van der Waals surface area contributed by atoms with Crippen molar-refractivity contribution in [3.05, 3.63) is 0 Å². The van der Waals surface area contributed by atoms with Gasteiger partial charge in [-0.3, -0.25) is 4.79 Å². The lowest BCUT2D eigenvalue weighted by Crippen LogP contribution is -2.43. The van der Waals surface area contributed by atoms with Gasteiger partial charge in [0, 0.05) is 18.2 Å². The Kier molecular flexibility index (Phi) is 6.05. The number of carbonyl (C=O) groups excluding carboxylic acids is 1. The summed E-state index contributed by atoms with van der Waals surface area (Å²) in [6, 6.07) is -0.621. The maximum atomic E-state index is 11.7. The second-order valence-electron chi connectivity index (χ2n) is 3.61. The van der Waals surface area contributed by atoms with E-state index in [-0.39, 0.29) is 24.2 Å². The Balaban J connectivity index is 0.00000196. The van der Waals surface area contributed by atoms with Crippen LogP contribution in [0.25, 0.3) is 0 Å². The molecule has 1 heterocycles. The lowest BCUT2D eigenvalue weighted by molar-refractivity contribution is -0.149. The number of aliphatic carboxylic acids is 1. The van der Waals surface area contributed by atoms with Crippen LogP contribution in [0, 0.1) is 5.92 Å². The average molecular weight is 254 g/mol. The summed E-state index contributed by atoms with van der Waals surface area (Å²) in [5, 5.41) is 8.87. The number of carbonyl (C=O) groups is 2. The molecule has 0 spiro atoms. The van der Waals surface area contributed by atoms with Gasteiger partial charge >= 0.3 is 5.97 Å². The zero-order valence-electron chi connectivity index (χ0n) is 8.55. The van der Waals surface area contributed by atoms with Crippen LogP contribution in [0.2, 0.25) is 0 Å². The third-order valence-electron chi connectivity index (χ3n) is 2.52. The van der Waals surface area contributed by atoms with E-state index < -0.39 is 12.0 Å². The van der Waals surface area contributed by atoms with Crippen LogP contribution in [0.5, 0.6) is 0 Å². The maximum Gasteiger partial charge on any atom is 0.326 e. The predicted molar refractivity (Wildman–Crippen MR) is 62.6 cm³/mol. The fourth-order valence-electron chi connectivity index (χ4n) is 1.65. The molecule has 1 N–H and O–H groups in total. The number of hydrogen-bond acceptors (Lipinski definition) is 3. The second-order valence-corrected chi connectivity index (χ2v) is 3.98. The number of carboxylic acid groups (broad SMARTS) is 1. The molecule has 6 heteroatoms. The fraction of sp³-hybridized carbons (Fsp3) is 0.778. The summed E-state index contributed by atoms with van der Waals surface area (Å²) in [5.41, 5.74) is 0. The van der Waals surface area contributed by atoms with Crippen molar-refractivity contribution in [1.82, 2.24) is 4.90 Å². The van der Waals surface area contributed by atoms with E-state index in [1.807, 2.05) is 0 Å². The standard InChI is InChI=1S/C9H15NO3S.ClH/c1-6(5-14)8(11)10-4-2-3-7(10)9(12)13;/h6-7,14H,2-5H2,1H3,(H,12,13);1H/t6?,7-;/m0./s1. The minimum Gasteiger partial charge on any atom is -0.480 e. The Labute approximate surface area is 101 Å². The molecule has 0 bridgehead atoms. The lowest BCUT2D eigenvalue weighted by atomic mass is 10.1. The molecule has 1 saturated heterocycles. The molecular weight excluding hydrogens is 238 g/mol. The van der Waals surface area contributed by atoms with Crippen LogP contribution >= 0.6 is 25.0 Å². The first-order valence-corrected chi connectivity index (χ1v) is 5.35. The van der Waals surface area contributed by atoms with Gasteiger partial charge in [0.25, 0.3) is 0 Å². The number of carboxylic acids is 1. The van der Waals surface area contributed by atoms with Gasteiger partial charge in [-0.25, -0.2) is 4.79 Å². The van der Waals surface area contributed by atoms with E-state index in [0.717, 1.165) is 6.42 Å². The molecule has 0 radical (unpaired) electrons. The topological polar surface area (TPSA) is 57.6 Å². The van der Waals surface area contributed by atoms with E-state index in [0.29, 0.717) is 18.7 Å². The second kappa shape index (κ2) is 6.23. The molecule has 0 aromatic heterocycles. The molecule has 0 aromatic carbocycles. The molecule has 1 fully saturated rings. The molecule has 0 aromatic rings. The molecular formula is C9H16ClNO3S. The molecule has 1 amide bonds. The van der Waals surface area contributed by atoms with Gasteiger partial charge in [-0.1, -0.05) is 6.92 Å². The van der Waals surface area contributed by atoms with Gasteiger partial charge in [0.05, 0.1) is 0 Å². The summed E-state index contributed by atoms with van der Waals surface area (Å²) in [6.07, 6.45) is 1.35. The molecule has 0 saturated carbocycles. The van der Waals surface area contributed by atoms with E-state index in [1.165, 1.54) is 4.90 Å². The molecule has 88 valence electrons. The van der Waals surface area contributed by atoms with Crippen molar-refractivity contribution in [3.63, 3.8) is 0 Å². The van der Waals surface area contributed by atoms with Crippen LogP contribution in [0.1, 0.15) is 19.8 Å². The molecule has 1 rings (SSSR count). The number of halogens is 1. The van der Waals surface area contributed by atoms with Crippen molar-refractivity contribution >= 4 is 36.9 Å². The number of thiol groups is 1. The molecule has 15 heavy (non-hydrogen) atoms. The molecule has 2 atom stereocenters. The summed E-state index contributed by atoms with van der Waals surface area (Å²) in [7, 11) is 0. The van der Waals surface area contributed by atoms with E-state index in [2.05, 4.69) is 12.6 Å². The first-order chi connectivity index (χ1) is 6.57. The Bertz CT molecular complexity index is 250. The molecule has 4 nitrogen and oxygen atoms in total. The molecule has 1 unspecified atom stereocenters. The number of nitrogens with zero attached hydrogens (tertiary/aromatic N) is 1. The Morgan fingerprint density at radius 2 is 2.20 bits per heavy atom. The average Bonchev–Trinajstić information content (AvgIpc) is 2.63. The lowest BCUT2D eigenvalue weighted by Gasteiger charge is -2.24. The highest BCUT2D eigenvalue weighted by atomic mass is 35.5. The first-order valence-electron chi connectivity index (χ1n) is 4.72. The minimum absolute atomic E-state index is 0. The van der Waals surface area contributed by atoms with Gasteiger partial charge in [0.1, 0.15) is 6.04 Å². The molecule has 0 aliphatic carbocycles. The highest BCUT2D eigenvalue weighted by Gasteiger charge is 2.35. The number of amides is 1. The Morgan fingerprint density at radius 1 is 1.60 bits per heavy atom. The predicted octanol–water partition coefficient (Wildman–Crippen LogP) is 1.05. The summed E-state index contributed by atoms with van der Waals surface area (Å²) in [4.78, 5) is 24.0. The van der Waals surface area contributed by atoms with Gasteiger partial charge in [-0.05, 0) is 12.8 Å². The highest BCUT2D eigenvalue weighted by molar-refractivity contribution is 7.80. The quantitative estimate of drug-likeness (QED) is 0.740. The van der Waals surface area contributed by atoms with Crippen LogP contribution in [0.15, 0.2) is 0 Å². The van der Waals surface area contributed by atoms with Crippen LogP contribution in [0.4, 0.5) is 0 Å². The van der Waals surface area contributed by atoms with Gasteiger partial charge in [-0.15, -0.1) is 12.4 Å². The summed E-state index contributed by atoms with van der Waals surface area (Å²) in [5.74, 6) is -0.729. The smallest absolute Gasteiger partial charge is 0.326 e. The van der Waals surface area contributed by atoms with Gasteiger partial charge in [-0.2, -0.15) is 12.6 Å². The normalized spacial score (nSPS) is 22.0. The maximum absolute atomic E-state index is 11.7. The van der Waals surface area contributed by atoms with E-state index in [9.17, 15) is 9.59 Å². The molecule has 1 aliphatic heterocycles. The zero-order chi connectivity index (χ0) is 10.7. The molecule has 1 aliphatic rings. The van der Waals surface area contributed by atoms with Gasteiger partial charge < -0.3 is 10.0 Å². The first kappa shape index (κ1) is 14.6. The summed E-state index contributed by atoms with van der Waals surface area (Å²) < 4.78 is 0. The van der Waals surface area contributed by atoms with Crippen molar-refractivity contribution in [2.75, 3.05) is 12.3 Å². The van der Waals surface area contributed by atoms with Crippen molar-refractivity contribution in [3.8, 4) is 0 Å². The van der Waals surface area contributed by atoms with Crippen LogP contribution in [-0.4, -0.2) is 40.2 Å². The SMILES string of the molecule is CC(CS)C(=O)N1CCC[C@H]1C(=O)O.Cl. The Morgan fingerprint density at radius 3 is 2.67 bits per heavy atom. The van der Waals surface area contributed by atoms with Crippen LogP contribution in [0.3, 0.4) is 0 Å². The fourth-order valence-corrected chi connectivity index (χ4v) is 1.80. The zero-order valence-corrected chi connectivity index (χ0v) is 10.3. The van der Waals surface area contributed by atoms with Gasteiger partial charge in [0.2, 0.25) is 5.91 Å². The summed E-state index contributed by atoms with van der Waals surface area (Å²) >= 11 is 4.03. The van der Waals surface area contributed by atoms with Crippen molar-refractivity contribution in [2.45, 2.75) is 25.8 Å². The van der Waals surface area contributed by atoms with Crippen molar-refractivity contribution < 1.29 is 14.7 Å². The van der Waals surface area contributed by atoms with Crippen LogP contribution < -0.4 is 0 Å². The van der Waals surface area contributed by atoms with Crippen LogP contribution in [-0.2, 0) is 9.59 Å². The number of rotatable bonds is 3. The number of hydrogen-bond donors (Lipinski definition) is 2. The monoisotopic (exact) mass is 253 g/mol. The third kappa shape index (κ3) is 3.28. The highest BCUT2D eigenvalue weighted by Crippen LogP contribution is 2.20. The largest absolute Gasteiger partial charge is 0.480 e. The number of likely N-dealkylation sites (tertiary alicyclic amines) is 1.